The number of carbonyl (C=O) groups is 6. The van der Waals surface area contributed by atoms with E-state index in [9.17, 15) is 33.6 Å². The first kappa shape index (κ1) is 39.0. The second-order valence-electron chi connectivity index (χ2n) is 9.93. The third-order valence-electron chi connectivity index (χ3n) is 5.96. The minimum atomic E-state index is -1.82. The maximum absolute atomic E-state index is 13.0. The molecule has 2 N–H and O–H groups in total. The Bertz CT molecular complexity index is 1650. The van der Waals surface area contributed by atoms with E-state index in [1.807, 2.05) is 0 Å². The molecular formula is C30H36N6O13. The second-order valence-corrected chi connectivity index (χ2v) is 9.93. The molecule has 0 fully saturated rings. The maximum atomic E-state index is 13.0. The van der Waals surface area contributed by atoms with Crippen LogP contribution in [0.2, 0.25) is 0 Å². The van der Waals surface area contributed by atoms with Gasteiger partial charge in [-0.1, -0.05) is 18.2 Å². The first-order valence-corrected chi connectivity index (χ1v) is 14.3. The smallest absolute Gasteiger partial charge is 0.303 e. The molecule has 1 amide bonds. The molecule has 2 rings (SSSR count). The lowest BCUT2D eigenvalue weighted by Crippen LogP contribution is -2.53. The van der Waals surface area contributed by atoms with Crippen LogP contribution >= 0.6 is 0 Å². The van der Waals surface area contributed by atoms with E-state index < -0.39 is 78.3 Å². The number of benzene rings is 1. The van der Waals surface area contributed by atoms with Crippen LogP contribution in [-0.2, 0) is 52.5 Å². The molecule has 0 bridgehead atoms. The molecule has 19 heteroatoms. The average Bonchev–Trinajstić information content (AvgIpc) is 3.01. The maximum Gasteiger partial charge on any atom is 0.303 e. The molecule has 0 aliphatic heterocycles. The molecule has 264 valence electrons. The lowest BCUT2D eigenvalue weighted by molar-refractivity contribution is -0.197. The van der Waals surface area contributed by atoms with Gasteiger partial charge in [0.2, 0.25) is 5.91 Å². The highest BCUT2D eigenvalue weighted by Gasteiger charge is 2.43. The van der Waals surface area contributed by atoms with Crippen molar-refractivity contribution in [2.45, 2.75) is 66.0 Å². The molecule has 1 heterocycles. The number of rotatable bonds is 15. The van der Waals surface area contributed by atoms with Crippen LogP contribution in [0.3, 0.4) is 0 Å². The second kappa shape index (κ2) is 18.3. The molecule has 2 aromatic rings. The first-order chi connectivity index (χ1) is 23.0. The molecular weight excluding hydrogens is 652 g/mol. The number of nitrogens with zero attached hydrogens (tertiary/aromatic N) is 5. The summed E-state index contributed by atoms with van der Waals surface area (Å²) in [5.41, 5.74) is -0.384. The quantitative estimate of drug-likeness (QED) is 0.0860. The summed E-state index contributed by atoms with van der Waals surface area (Å²) in [6.07, 6.45) is -3.27. The minimum Gasteiger partial charge on any atom is -0.497 e. The van der Waals surface area contributed by atoms with Gasteiger partial charge in [0.1, 0.15) is 12.4 Å². The molecule has 0 radical (unpaired) electrons. The van der Waals surface area contributed by atoms with Crippen molar-refractivity contribution in [3.8, 4) is 5.75 Å². The van der Waals surface area contributed by atoms with Crippen molar-refractivity contribution in [3.05, 3.63) is 45.9 Å². The number of nitrogens with two attached hydrogens (primary N) is 1. The minimum absolute atomic E-state index is 0.198. The van der Waals surface area contributed by atoms with Crippen LogP contribution in [0.25, 0.3) is 12.2 Å². The Morgan fingerprint density at radius 3 is 1.90 bits per heavy atom. The van der Waals surface area contributed by atoms with E-state index in [1.165, 1.54) is 13.2 Å². The first-order valence-electron chi connectivity index (χ1n) is 14.3. The number of hydrogen-bond acceptors (Lipinski definition) is 17. The largest absolute Gasteiger partial charge is 0.497 e. The SMILES string of the molecule is COc1ccc(/C=C/c2nnc(N(/N=C/[C@H](OC(C)=O)[C@@H](OC(C)=O)[C@@H](OC(C)=O)[C@@H](COC(C)=O)OC(C)=O)C(C)=O)n(N)c2=O)cc1. The number of ether oxygens (including phenoxy) is 6. The van der Waals surface area contributed by atoms with Gasteiger partial charge in [-0.25, -0.2) is 0 Å². The number of anilines is 1. The van der Waals surface area contributed by atoms with Crippen molar-refractivity contribution in [1.29, 1.82) is 0 Å². The van der Waals surface area contributed by atoms with E-state index in [4.69, 9.17) is 34.3 Å². The number of hydrazone groups is 1. The van der Waals surface area contributed by atoms with Gasteiger partial charge in [0.05, 0.1) is 13.3 Å². The molecule has 0 saturated heterocycles. The molecule has 0 aliphatic carbocycles. The van der Waals surface area contributed by atoms with Gasteiger partial charge in [0.25, 0.3) is 11.5 Å². The van der Waals surface area contributed by atoms with Crippen molar-refractivity contribution in [2.75, 3.05) is 24.6 Å². The van der Waals surface area contributed by atoms with Gasteiger partial charge >= 0.3 is 29.8 Å². The number of methoxy groups -OCH3 is 1. The molecule has 0 spiro atoms. The van der Waals surface area contributed by atoms with Crippen LogP contribution in [0.1, 0.15) is 52.8 Å². The number of hydrogen-bond donors (Lipinski definition) is 1. The van der Waals surface area contributed by atoms with Gasteiger partial charge in [-0.2, -0.15) is 14.8 Å². The molecule has 0 aliphatic rings. The Labute approximate surface area is 279 Å². The zero-order chi connectivity index (χ0) is 36.8. The monoisotopic (exact) mass is 688 g/mol. The summed E-state index contributed by atoms with van der Waals surface area (Å²) in [6, 6.07) is 6.87. The number of carbonyl (C=O) groups excluding carboxylic acids is 6. The molecule has 1 aromatic heterocycles. The van der Waals surface area contributed by atoms with Gasteiger partial charge in [0.15, 0.2) is 30.1 Å². The van der Waals surface area contributed by atoms with E-state index in [0.717, 1.165) is 47.8 Å². The Hall–Kier alpha value is -6.14. The van der Waals surface area contributed by atoms with Gasteiger partial charge in [-0.05, 0) is 23.8 Å². The van der Waals surface area contributed by atoms with E-state index in [0.29, 0.717) is 21.0 Å². The molecule has 4 atom stereocenters. The van der Waals surface area contributed by atoms with Crippen molar-refractivity contribution < 1.29 is 57.2 Å². The summed E-state index contributed by atoms with van der Waals surface area (Å²) in [6.45, 7) is 5.36. The van der Waals surface area contributed by atoms with Crippen molar-refractivity contribution in [2.24, 2.45) is 5.10 Å². The number of nitrogen functional groups attached to an aromatic ring is 1. The summed E-state index contributed by atoms with van der Waals surface area (Å²) in [7, 11) is 1.52. The van der Waals surface area contributed by atoms with E-state index in [2.05, 4.69) is 15.3 Å². The van der Waals surface area contributed by atoms with Crippen molar-refractivity contribution in [3.63, 3.8) is 0 Å². The summed E-state index contributed by atoms with van der Waals surface area (Å²) in [5, 5.41) is 12.2. The molecule has 0 unspecified atom stereocenters. The zero-order valence-electron chi connectivity index (χ0n) is 27.7. The highest BCUT2D eigenvalue weighted by atomic mass is 16.6. The van der Waals surface area contributed by atoms with Crippen LogP contribution in [0.5, 0.6) is 5.75 Å². The lowest BCUT2D eigenvalue weighted by Gasteiger charge is -2.34. The van der Waals surface area contributed by atoms with E-state index >= 15 is 0 Å². The Kier molecular flexibility index (Phi) is 14.6. The fraction of sp³-hybridized carbons (Fsp3) is 0.400. The predicted octanol–water partition coefficient (Wildman–Crippen LogP) is 0.160. The summed E-state index contributed by atoms with van der Waals surface area (Å²) < 4.78 is 31.7. The predicted molar refractivity (Wildman–Crippen MR) is 169 cm³/mol. The molecule has 49 heavy (non-hydrogen) atoms. The van der Waals surface area contributed by atoms with Crippen molar-refractivity contribution >= 4 is 60.1 Å². The topological polar surface area (TPSA) is 247 Å². The van der Waals surface area contributed by atoms with Gasteiger partial charge in [0, 0.05) is 41.5 Å². The zero-order valence-corrected chi connectivity index (χ0v) is 27.7. The highest BCUT2D eigenvalue weighted by Crippen LogP contribution is 2.20. The Morgan fingerprint density at radius 1 is 0.816 bits per heavy atom. The average molecular weight is 689 g/mol. The fourth-order valence-corrected chi connectivity index (χ4v) is 3.99. The summed E-state index contributed by atoms with van der Waals surface area (Å²) >= 11 is 0. The Balaban J connectivity index is 2.60. The highest BCUT2D eigenvalue weighted by molar-refractivity contribution is 5.90. The standard InChI is InChI=1S/C30H36N6O13/c1-16(37)36(30-34-33-24(29(43)35(30)31)13-10-22-8-11-23(44-7)12-9-22)32-14-25(46-18(3)39)27(48-20(5)41)28(49-21(6)42)26(47-19(4)40)15-45-17(2)38/h8-14,25-28H,15,31H2,1-7H3/b13-10+,32-14+/t25-,26+,27+,28-/m0/s1. The summed E-state index contributed by atoms with van der Waals surface area (Å²) in [5.74, 6) is 0.547. The third-order valence-corrected chi connectivity index (χ3v) is 5.96. The van der Waals surface area contributed by atoms with E-state index in [-0.39, 0.29) is 5.69 Å². The molecule has 19 nitrogen and oxygen atoms in total. The third kappa shape index (κ3) is 12.2. The van der Waals surface area contributed by atoms with Crippen LogP contribution < -0.4 is 21.1 Å². The van der Waals surface area contributed by atoms with Gasteiger partial charge in [-0.15, -0.1) is 10.2 Å². The van der Waals surface area contributed by atoms with Crippen LogP contribution in [0.15, 0.2) is 34.2 Å². The molecule has 0 saturated carbocycles. The summed E-state index contributed by atoms with van der Waals surface area (Å²) in [4.78, 5) is 85.7. The lowest BCUT2D eigenvalue weighted by atomic mass is 10.0. The Morgan fingerprint density at radius 2 is 1.39 bits per heavy atom. The molecule has 1 aromatic carbocycles. The van der Waals surface area contributed by atoms with Crippen LogP contribution in [0.4, 0.5) is 5.95 Å². The number of amides is 1. The normalized spacial score (nSPS) is 13.4. The van der Waals surface area contributed by atoms with Gasteiger partial charge in [-0.3, -0.25) is 33.6 Å². The van der Waals surface area contributed by atoms with Crippen molar-refractivity contribution in [1.82, 2.24) is 14.9 Å². The van der Waals surface area contributed by atoms with Crippen LogP contribution in [0, 0.1) is 0 Å². The van der Waals surface area contributed by atoms with Crippen LogP contribution in [-0.4, -0.2) is 95.0 Å². The van der Waals surface area contributed by atoms with E-state index in [1.54, 1.807) is 30.3 Å². The number of esters is 5. The number of aromatic nitrogens is 3. The van der Waals surface area contributed by atoms with Gasteiger partial charge < -0.3 is 34.3 Å². The fourth-order valence-electron chi connectivity index (χ4n) is 3.99.